The van der Waals surface area contributed by atoms with Crippen LogP contribution in [0.5, 0.6) is 0 Å². The number of ether oxygens (including phenoxy) is 1. The van der Waals surface area contributed by atoms with E-state index in [1.807, 2.05) is 5.38 Å². The summed E-state index contributed by atoms with van der Waals surface area (Å²) in [5.41, 5.74) is 1.10. The van der Waals surface area contributed by atoms with E-state index in [-0.39, 0.29) is 0 Å². The second kappa shape index (κ2) is 9.57. The average Bonchev–Trinajstić information content (AvgIpc) is 3.17. The lowest BCUT2D eigenvalue weighted by Crippen LogP contribution is -2.48. The third-order valence-electron chi connectivity index (χ3n) is 6.12. The third-order valence-corrected chi connectivity index (χ3v) is 7.06. The van der Waals surface area contributed by atoms with Crippen LogP contribution in [0.3, 0.4) is 0 Å². The molecule has 1 aromatic carbocycles. The van der Waals surface area contributed by atoms with Crippen molar-refractivity contribution in [3.63, 3.8) is 0 Å². The highest BCUT2D eigenvalue weighted by Gasteiger charge is 2.30. The van der Waals surface area contributed by atoms with Gasteiger partial charge in [-0.25, -0.2) is 4.98 Å². The number of thiazole rings is 1. The van der Waals surface area contributed by atoms with Crippen molar-refractivity contribution in [2.75, 3.05) is 32.7 Å². The lowest BCUT2D eigenvalue weighted by atomic mass is 9.95. The summed E-state index contributed by atoms with van der Waals surface area (Å²) >= 11 is 1.49. The second-order valence-corrected chi connectivity index (χ2v) is 9.77. The van der Waals surface area contributed by atoms with Gasteiger partial charge < -0.3 is 4.74 Å². The van der Waals surface area contributed by atoms with Gasteiger partial charge in [-0.15, -0.1) is 11.3 Å². The van der Waals surface area contributed by atoms with Gasteiger partial charge in [-0.1, -0.05) is 12.1 Å². The molecular weight excluding hydrogens is 423 g/mol. The van der Waals surface area contributed by atoms with Crippen LogP contribution in [0, 0.1) is 5.92 Å². The molecule has 0 radical (unpaired) electrons. The Balaban J connectivity index is 1.26. The molecule has 1 aromatic heterocycles. The number of rotatable bonds is 5. The molecule has 2 unspecified atom stereocenters. The van der Waals surface area contributed by atoms with Crippen molar-refractivity contribution in [1.29, 1.82) is 0 Å². The molecule has 0 bridgehead atoms. The molecule has 2 atom stereocenters. The van der Waals surface area contributed by atoms with Crippen LogP contribution >= 0.6 is 11.3 Å². The highest BCUT2D eigenvalue weighted by atomic mass is 32.1. The third kappa shape index (κ3) is 6.06. The molecule has 2 aliphatic rings. The zero-order chi connectivity index (χ0) is 22.0. The largest absolute Gasteiger partial charge is 0.416 e. The van der Waals surface area contributed by atoms with Crippen molar-refractivity contribution in [3.8, 4) is 10.6 Å². The van der Waals surface area contributed by atoms with E-state index in [4.69, 9.17) is 4.74 Å². The van der Waals surface area contributed by atoms with E-state index in [9.17, 15) is 13.2 Å². The summed E-state index contributed by atoms with van der Waals surface area (Å²) in [6.07, 6.45) is -1.30. The molecule has 4 rings (SSSR count). The minimum Gasteiger partial charge on any atom is -0.373 e. The molecule has 0 N–H and O–H groups in total. The molecule has 2 saturated heterocycles. The first kappa shape index (κ1) is 22.7. The van der Waals surface area contributed by atoms with Gasteiger partial charge in [-0.2, -0.15) is 13.2 Å². The highest BCUT2D eigenvalue weighted by molar-refractivity contribution is 7.13. The van der Waals surface area contributed by atoms with Gasteiger partial charge >= 0.3 is 6.18 Å². The Kier molecular flexibility index (Phi) is 7.01. The van der Waals surface area contributed by atoms with Gasteiger partial charge in [0.05, 0.1) is 23.5 Å². The number of alkyl halides is 3. The summed E-state index contributed by atoms with van der Waals surface area (Å²) in [4.78, 5) is 9.66. The smallest absolute Gasteiger partial charge is 0.373 e. The summed E-state index contributed by atoms with van der Waals surface area (Å²) in [7, 11) is 0. The standard InChI is InChI=1S/C23H30F3N3OS/c1-16-11-29(12-17(2)30-16)13-18-7-9-28(10-8-18)14-21-15-31-22(27-21)19-3-5-20(6-4-19)23(24,25)26/h3-6,15-18H,7-14H2,1-2H3. The topological polar surface area (TPSA) is 28.6 Å². The van der Waals surface area contributed by atoms with E-state index in [2.05, 4.69) is 28.6 Å². The maximum absolute atomic E-state index is 12.8. The first-order valence-electron chi connectivity index (χ1n) is 11.0. The number of halogens is 3. The van der Waals surface area contributed by atoms with E-state index < -0.39 is 11.7 Å². The monoisotopic (exact) mass is 453 g/mol. The van der Waals surface area contributed by atoms with Crippen LogP contribution in [0.2, 0.25) is 0 Å². The number of nitrogens with zero attached hydrogens (tertiary/aromatic N) is 3. The van der Waals surface area contributed by atoms with Gasteiger partial charge in [0.15, 0.2) is 0 Å². The first-order valence-corrected chi connectivity index (χ1v) is 11.9. The minimum atomic E-state index is -4.31. The molecular formula is C23H30F3N3OS. The van der Waals surface area contributed by atoms with Gasteiger partial charge in [-0.05, 0) is 57.8 Å². The number of benzene rings is 1. The Bertz CT molecular complexity index is 836. The van der Waals surface area contributed by atoms with E-state index in [1.165, 1.54) is 36.3 Å². The maximum Gasteiger partial charge on any atom is 0.416 e. The molecule has 2 aromatic rings. The second-order valence-electron chi connectivity index (χ2n) is 8.91. The fourth-order valence-electron chi connectivity index (χ4n) is 4.67. The number of piperidine rings is 1. The van der Waals surface area contributed by atoms with E-state index >= 15 is 0 Å². The van der Waals surface area contributed by atoms with Crippen LogP contribution in [0.15, 0.2) is 29.6 Å². The summed E-state index contributed by atoms with van der Waals surface area (Å²) in [6.45, 7) is 10.4. The lowest BCUT2D eigenvalue weighted by molar-refractivity contribution is -0.137. The molecule has 2 aliphatic heterocycles. The lowest BCUT2D eigenvalue weighted by Gasteiger charge is -2.39. The van der Waals surface area contributed by atoms with Crippen molar-refractivity contribution >= 4 is 11.3 Å². The van der Waals surface area contributed by atoms with Gasteiger partial charge in [0.25, 0.3) is 0 Å². The maximum atomic E-state index is 12.8. The fraction of sp³-hybridized carbons (Fsp3) is 0.609. The Morgan fingerprint density at radius 1 is 1.03 bits per heavy atom. The van der Waals surface area contributed by atoms with Crippen LogP contribution in [0.1, 0.15) is 37.9 Å². The van der Waals surface area contributed by atoms with Crippen molar-refractivity contribution in [2.24, 2.45) is 5.92 Å². The summed E-state index contributed by atoms with van der Waals surface area (Å²) < 4.78 is 44.1. The summed E-state index contributed by atoms with van der Waals surface area (Å²) in [5, 5.41) is 2.80. The normalized spacial score (nSPS) is 24.5. The van der Waals surface area contributed by atoms with Crippen molar-refractivity contribution in [2.45, 2.75) is 51.6 Å². The van der Waals surface area contributed by atoms with Crippen molar-refractivity contribution < 1.29 is 17.9 Å². The van der Waals surface area contributed by atoms with Crippen LogP contribution in [-0.2, 0) is 17.5 Å². The van der Waals surface area contributed by atoms with Gasteiger partial charge in [-0.3, -0.25) is 9.80 Å². The Morgan fingerprint density at radius 2 is 1.68 bits per heavy atom. The zero-order valence-corrected chi connectivity index (χ0v) is 18.9. The number of morpholine rings is 1. The fourth-order valence-corrected chi connectivity index (χ4v) is 5.49. The van der Waals surface area contributed by atoms with E-state index in [1.54, 1.807) is 0 Å². The average molecular weight is 454 g/mol. The molecule has 31 heavy (non-hydrogen) atoms. The molecule has 0 amide bonds. The van der Waals surface area contributed by atoms with Crippen LogP contribution in [-0.4, -0.2) is 59.7 Å². The molecule has 0 saturated carbocycles. The molecule has 170 valence electrons. The predicted octanol–water partition coefficient (Wildman–Crippen LogP) is 5.15. The molecule has 4 nitrogen and oxygen atoms in total. The molecule has 0 spiro atoms. The first-order chi connectivity index (χ1) is 14.8. The molecule has 2 fully saturated rings. The Labute approximate surface area is 186 Å². The number of likely N-dealkylation sites (tertiary alicyclic amines) is 1. The quantitative estimate of drug-likeness (QED) is 0.626. The van der Waals surface area contributed by atoms with Crippen molar-refractivity contribution in [3.05, 3.63) is 40.9 Å². The molecule has 8 heteroatoms. The van der Waals surface area contributed by atoms with Crippen LogP contribution in [0.4, 0.5) is 13.2 Å². The SMILES string of the molecule is CC1CN(CC2CCN(Cc3csc(-c4ccc(C(F)(F)F)cc4)n3)CC2)CC(C)O1. The van der Waals surface area contributed by atoms with E-state index in [0.717, 1.165) is 73.6 Å². The number of hydrogen-bond acceptors (Lipinski definition) is 5. The van der Waals surface area contributed by atoms with Crippen LogP contribution in [0.25, 0.3) is 10.6 Å². The highest BCUT2D eigenvalue weighted by Crippen LogP contribution is 2.32. The zero-order valence-electron chi connectivity index (χ0n) is 18.1. The Morgan fingerprint density at radius 3 is 2.29 bits per heavy atom. The van der Waals surface area contributed by atoms with Crippen molar-refractivity contribution in [1.82, 2.24) is 14.8 Å². The number of hydrogen-bond donors (Lipinski definition) is 0. The van der Waals surface area contributed by atoms with Gasteiger partial charge in [0.1, 0.15) is 5.01 Å². The van der Waals surface area contributed by atoms with Crippen LogP contribution < -0.4 is 0 Å². The van der Waals surface area contributed by atoms with Gasteiger partial charge in [0, 0.05) is 37.1 Å². The van der Waals surface area contributed by atoms with E-state index in [0.29, 0.717) is 12.2 Å². The molecule has 0 aliphatic carbocycles. The molecule has 3 heterocycles. The van der Waals surface area contributed by atoms with Gasteiger partial charge in [0.2, 0.25) is 0 Å². The Hall–Kier alpha value is -1.48. The predicted molar refractivity (Wildman–Crippen MR) is 117 cm³/mol. The summed E-state index contributed by atoms with van der Waals surface area (Å²) in [6, 6.07) is 5.25. The summed E-state index contributed by atoms with van der Waals surface area (Å²) in [5.74, 6) is 0.729. The number of aromatic nitrogens is 1. The minimum absolute atomic E-state index is 0.312.